The lowest BCUT2D eigenvalue weighted by molar-refractivity contribution is 0.262. The molecule has 1 heterocycles. The van der Waals surface area contributed by atoms with Gasteiger partial charge in [0.25, 0.3) is 5.56 Å². The van der Waals surface area contributed by atoms with Crippen LogP contribution >= 0.6 is 15.9 Å². The minimum atomic E-state index is -0.357. The first kappa shape index (κ1) is 26.3. The highest BCUT2D eigenvalue weighted by molar-refractivity contribution is 9.10. The van der Waals surface area contributed by atoms with Gasteiger partial charge in [-0.15, -0.1) is 0 Å². The summed E-state index contributed by atoms with van der Waals surface area (Å²) in [5, 5.41) is 4.97. The van der Waals surface area contributed by atoms with Crippen molar-refractivity contribution in [2.75, 3.05) is 14.2 Å². The smallest absolute Gasteiger partial charge is 0.282 e. The van der Waals surface area contributed by atoms with Crippen molar-refractivity contribution in [2.24, 2.45) is 5.10 Å². The maximum absolute atomic E-state index is 14.0. The minimum absolute atomic E-state index is 0.00132. The number of aryl methyl sites for hydroxylation is 1. The van der Waals surface area contributed by atoms with Crippen LogP contribution < -0.4 is 19.8 Å². The van der Waals surface area contributed by atoms with Crippen molar-refractivity contribution >= 4 is 33.0 Å². The molecule has 0 aliphatic heterocycles. The molecule has 0 fully saturated rings. The van der Waals surface area contributed by atoms with Gasteiger partial charge in [0.1, 0.15) is 18.2 Å². The van der Waals surface area contributed by atoms with Gasteiger partial charge in [-0.2, -0.15) is 9.78 Å². The number of aromatic nitrogens is 2. The quantitative estimate of drug-likeness (QED) is 0.216. The highest BCUT2D eigenvalue weighted by Crippen LogP contribution is 2.39. The van der Waals surface area contributed by atoms with Gasteiger partial charge < -0.3 is 14.2 Å². The minimum Gasteiger partial charge on any atom is -0.493 e. The number of fused-ring (bicyclic) bond motifs is 1. The Morgan fingerprint density at radius 1 is 1.08 bits per heavy atom. The van der Waals surface area contributed by atoms with E-state index in [1.807, 2.05) is 12.1 Å². The number of unbranched alkanes of at least 4 members (excludes halogenated alkanes) is 1. The lowest BCUT2D eigenvalue weighted by Gasteiger charge is -2.15. The van der Waals surface area contributed by atoms with Crippen LogP contribution in [0.3, 0.4) is 0 Å². The van der Waals surface area contributed by atoms with Crippen molar-refractivity contribution in [2.45, 2.75) is 32.8 Å². The SMILES string of the molecule is CCCCc1nc2ccc(Br)cc2c(=O)n1N=Cc1cc(OC)c(OCc2ccccc2F)c(OC)c1. The van der Waals surface area contributed by atoms with E-state index >= 15 is 0 Å². The van der Waals surface area contributed by atoms with Gasteiger partial charge in [0, 0.05) is 22.0 Å². The molecule has 0 aliphatic rings. The number of nitrogens with zero attached hydrogens (tertiary/aromatic N) is 3. The Balaban J connectivity index is 1.71. The molecular formula is C28H27BrFN3O4. The normalized spacial score (nSPS) is 11.3. The number of methoxy groups -OCH3 is 2. The molecule has 0 radical (unpaired) electrons. The van der Waals surface area contributed by atoms with E-state index < -0.39 is 0 Å². The maximum Gasteiger partial charge on any atom is 0.282 e. The molecule has 4 aromatic rings. The lowest BCUT2D eigenvalue weighted by atomic mass is 10.2. The molecule has 3 aromatic carbocycles. The summed E-state index contributed by atoms with van der Waals surface area (Å²) in [5.74, 6) is 1.34. The standard InChI is InChI=1S/C28H27BrFN3O4/c1-4-5-10-26-32-23-12-11-20(29)15-21(23)28(34)33(26)31-16-18-13-24(35-2)27(25(14-18)36-3)37-17-19-8-6-7-9-22(19)30/h6-9,11-16H,4-5,10,17H2,1-3H3. The highest BCUT2D eigenvalue weighted by Gasteiger charge is 2.16. The van der Waals surface area contributed by atoms with Crippen molar-refractivity contribution in [1.82, 2.24) is 9.66 Å². The van der Waals surface area contributed by atoms with Crippen molar-refractivity contribution in [3.05, 3.63) is 92.2 Å². The topological polar surface area (TPSA) is 74.9 Å². The second-order valence-corrected chi connectivity index (χ2v) is 9.20. The van der Waals surface area contributed by atoms with Crippen LogP contribution in [0.4, 0.5) is 4.39 Å². The van der Waals surface area contributed by atoms with Crippen molar-refractivity contribution in [3.63, 3.8) is 0 Å². The third kappa shape index (κ3) is 5.99. The van der Waals surface area contributed by atoms with Gasteiger partial charge in [0.15, 0.2) is 11.5 Å². The van der Waals surface area contributed by atoms with E-state index in [1.165, 1.54) is 25.0 Å². The average Bonchev–Trinajstić information content (AvgIpc) is 2.91. The molecule has 4 rings (SSSR count). The summed E-state index contributed by atoms with van der Waals surface area (Å²) in [6.45, 7) is 2.08. The van der Waals surface area contributed by atoms with Crippen molar-refractivity contribution in [1.29, 1.82) is 0 Å². The fourth-order valence-corrected chi connectivity index (χ4v) is 4.18. The zero-order valence-electron chi connectivity index (χ0n) is 20.8. The third-order valence-electron chi connectivity index (χ3n) is 5.76. The van der Waals surface area contributed by atoms with Crippen LogP contribution in [0, 0.1) is 5.82 Å². The Kier molecular flexibility index (Phi) is 8.55. The summed E-state index contributed by atoms with van der Waals surface area (Å²) in [5.41, 5.74) is 1.41. The Hall–Kier alpha value is -3.72. The predicted molar refractivity (Wildman–Crippen MR) is 146 cm³/mol. The second kappa shape index (κ2) is 12.0. The molecule has 9 heteroatoms. The number of rotatable bonds is 10. The van der Waals surface area contributed by atoms with Gasteiger partial charge in [0.2, 0.25) is 5.75 Å². The van der Waals surface area contributed by atoms with Crippen LogP contribution in [-0.2, 0) is 13.0 Å². The first-order chi connectivity index (χ1) is 17.9. The molecule has 0 spiro atoms. The monoisotopic (exact) mass is 567 g/mol. The van der Waals surface area contributed by atoms with E-state index in [0.29, 0.717) is 51.5 Å². The molecule has 0 saturated carbocycles. The average molecular weight is 568 g/mol. The lowest BCUT2D eigenvalue weighted by Crippen LogP contribution is -2.22. The van der Waals surface area contributed by atoms with Crippen molar-refractivity contribution < 1.29 is 18.6 Å². The fraction of sp³-hybridized carbons (Fsp3) is 0.250. The molecule has 7 nitrogen and oxygen atoms in total. The molecule has 0 saturated heterocycles. The summed E-state index contributed by atoms with van der Waals surface area (Å²) in [4.78, 5) is 18.0. The predicted octanol–water partition coefficient (Wildman–Crippen LogP) is 6.12. The molecule has 192 valence electrons. The molecule has 0 N–H and O–H groups in total. The van der Waals surface area contributed by atoms with Gasteiger partial charge in [-0.25, -0.2) is 9.37 Å². The van der Waals surface area contributed by atoms with Crippen LogP contribution in [0.15, 0.2) is 69.0 Å². The first-order valence-corrected chi connectivity index (χ1v) is 12.6. The van der Waals surface area contributed by atoms with Gasteiger partial charge >= 0.3 is 0 Å². The summed E-state index contributed by atoms with van der Waals surface area (Å²) >= 11 is 3.42. The largest absolute Gasteiger partial charge is 0.493 e. The Bertz CT molecular complexity index is 1480. The first-order valence-electron chi connectivity index (χ1n) is 11.8. The number of ether oxygens (including phenoxy) is 3. The van der Waals surface area contributed by atoms with Crippen LogP contribution in [0.5, 0.6) is 17.2 Å². The van der Waals surface area contributed by atoms with Crippen LogP contribution in [0.1, 0.15) is 36.7 Å². The van der Waals surface area contributed by atoms with E-state index in [-0.39, 0.29) is 18.0 Å². The van der Waals surface area contributed by atoms with Gasteiger partial charge in [0.05, 0.1) is 31.3 Å². The number of hydrogen-bond donors (Lipinski definition) is 0. The van der Waals surface area contributed by atoms with Gasteiger partial charge in [-0.05, 0) is 42.8 Å². The number of halogens is 2. The zero-order chi connectivity index (χ0) is 26.4. The molecule has 0 unspecified atom stereocenters. The van der Waals surface area contributed by atoms with Crippen LogP contribution in [-0.4, -0.2) is 30.1 Å². The van der Waals surface area contributed by atoms with Crippen LogP contribution in [0.25, 0.3) is 10.9 Å². The van der Waals surface area contributed by atoms with E-state index in [2.05, 4.69) is 28.0 Å². The Morgan fingerprint density at radius 3 is 2.49 bits per heavy atom. The number of hydrogen-bond acceptors (Lipinski definition) is 6. The second-order valence-electron chi connectivity index (χ2n) is 8.29. The summed E-state index contributed by atoms with van der Waals surface area (Å²) in [6, 6.07) is 15.2. The van der Waals surface area contributed by atoms with Crippen molar-refractivity contribution in [3.8, 4) is 17.2 Å². The molecule has 0 amide bonds. The summed E-state index contributed by atoms with van der Waals surface area (Å²) in [6.07, 6.45) is 4.00. The zero-order valence-corrected chi connectivity index (χ0v) is 22.4. The summed E-state index contributed by atoms with van der Waals surface area (Å²) in [7, 11) is 3.01. The molecule has 1 aromatic heterocycles. The van der Waals surface area contributed by atoms with Crippen LogP contribution in [0.2, 0.25) is 0 Å². The molecule has 0 bridgehead atoms. The van der Waals surface area contributed by atoms with Gasteiger partial charge in [-0.3, -0.25) is 4.79 Å². The third-order valence-corrected chi connectivity index (χ3v) is 6.26. The maximum atomic E-state index is 14.0. The summed E-state index contributed by atoms with van der Waals surface area (Å²) < 4.78 is 33.1. The number of benzene rings is 3. The Morgan fingerprint density at radius 2 is 1.81 bits per heavy atom. The fourth-order valence-electron chi connectivity index (χ4n) is 3.82. The van der Waals surface area contributed by atoms with E-state index in [1.54, 1.807) is 42.6 Å². The van der Waals surface area contributed by atoms with E-state index in [4.69, 9.17) is 19.2 Å². The van der Waals surface area contributed by atoms with Gasteiger partial charge in [-0.1, -0.05) is 47.5 Å². The molecule has 0 atom stereocenters. The molecule has 37 heavy (non-hydrogen) atoms. The molecule has 0 aliphatic carbocycles. The Labute approximate surface area is 222 Å². The van der Waals surface area contributed by atoms with E-state index in [9.17, 15) is 9.18 Å². The van der Waals surface area contributed by atoms with E-state index in [0.717, 1.165) is 17.3 Å². The highest BCUT2D eigenvalue weighted by atomic mass is 79.9. The molecular weight excluding hydrogens is 541 g/mol.